The second kappa shape index (κ2) is 5.61. The van der Waals surface area contributed by atoms with Gasteiger partial charge in [-0.1, -0.05) is 11.2 Å². The predicted molar refractivity (Wildman–Crippen MR) is 76.6 cm³/mol. The molecule has 0 aliphatic heterocycles. The fourth-order valence-corrected chi connectivity index (χ4v) is 1.83. The SMILES string of the molecule is CNc1cccc(C(=O)Nc2onc(C)c2C)c1[N+](=O)[O-]. The zero-order chi connectivity index (χ0) is 15.6. The van der Waals surface area contributed by atoms with Gasteiger partial charge in [0.25, 0.3) is 5.91 Å². The number of anilines is 2. The van der Waals surface area contributed by atoms with Crippen LogP contribution >= 0.6 is 0 Å². The molecular formula is C13H14N4O4. The van der Waals surface area contributed by atoms with E-state index in [9.17, 15) is 14.9 Å². The molecule has 8 heteroatoms. The van der Waals surface area contributed by atoms with Gasteiger partial charge in [-0.25, -0.2) is 0 Å². The van der Waals surface area contributed by atoms with Crippen molar-refractivity contribution < 1.29 is 14.2 Å². The highest BCUT2D eigenvalue weighted by molar-refractivity contribution is 6.08. The molecule has 0 radical (unpaired) electrons. The molecule has 0 atom stereocenters. The zero-order valence-corrected chi connectivity index (χ0v) is 11.8. The third-order valence-electron chi connectivity index (χ3n) is 3.12. The number of benzene rings is 1. The van der Waals surface area contributed by atoms with Crippen LogP contribution in [0.1, 0.15) is 21.6 Å². The monoisotopic (exact) mass is 290 g/mol. The van der Waals surface area contributed by atoms with Gasteiger partial charge in [0.2, 0.25) is 5.88 Å². The molecule has 0 spiro atoms. The Morgan fingerprint density at radius 3 is 2.62 bits per heavy atom. The van der Waals surface area contributed by atoms with Gasteiger partial charge in [0.05, 0.1) is 10.6 Å². The van der Waals surface area contributed by atoms with Crippen LogP contribution in [-0.2, 0) is 0 Å². The lowest BCUT2D eigenvalue weighted by atomic mass is 10.1. The van der Waals surface area contributed by atoms with Crippen LogP contribution in [0.4, 0.5) is 17.3 Å². The fraction of sp³-hybridized carbons (Fsp3) is 0.231. The van der Waals surface area contributed by atoms with Crippen molar-refractivity contribution in [1.82, 2.24) is 5.16 Å². The van der Waals surface area contributed by atoms with E-state index in [1.807, 2.05) is 0 Å². The molecule has 2 rings (SSSR count). The molecule has 1 aromatic carbocycles. The molecule has 0 fully saturated rings. The average molecular weight is 290 g/mol. The molecule has 1 aromatic heterocycles. The topological polar surface area (TPSA) is 110 Å². The van der Waals surface area contributed by atoms with Gasteiger partial charge in [-0.15, -0.1) is 0 Å². The number of nitrogens with zero attached hydrogens (tertiary/aromatic N) is 2. The lowest BCUT2D eigenvalue weighted by Gasteiger charge is -2.07. The van der Waals surface area contributed by atoms with Crippen LogP contribution in [0.5, 0.6) is 0 Å². The van der Waals surface area contributed by atoms with Crippen molar-refractivity contribution >= 4 is 23.2 Å². The molecule has 110 valence electrons. The number of aryl methyl sites for hydroxylation is 1. The summed E-state index contributed by atoms with van der Waals surface area (Å²) < 4.78 is 4.98. The zero-order valence-electron chi connectivity index (χ0n) is 11.8. The van der Waals surface area contributed by atoms with Crippen LogP contribution in [-0.4, -0.2) is 23.0 Å². The van der Waals surface area contributed by atoms with Gasteiger partial charge in [0.15, 0.2) is 0 Å². The maximum atomic E-state index is 12.2. The number of hydrogen-bond acceptors (Lipinski definition) is 6. The van der Waals surface area contributed by atoms with E-state index in [4.69, 9.17) is 4.52 Å². The van der Waals surface area contributed by atoms with E-state index in [0.717, 1.165) is 0 Å². The summed E-state index contributed by atoms with van der Waals surface area (Å²) in [5, 5.41) is 20.1. The highest BCUT2D eigenvalue weighted by atomic mass is 16.6. The Morgan fingerprint density at radius 1 is 1.38 bits per heavy atom. The largest absolute Gasteiger partial charge is 0.383 e. The Hall–Kier alpha value is -2.90. The molecule has 2 aromatic rings. The highest BCUT2D eigenvalue weighted by Gasteiger charge is 2.25. The fourth-order valence-electron chi connectivity index (χ4n) is 1.83. The van der Waals surface area contributed by atoms with E-state index in [-0.39, 0.29) is 22.8 Å². The highest BCUT2D eigenvalue weighted by Crippen LogP contribution is 2.29. The molecule has 0 saturated carbocycles. The van der Waals surface area contributed by atoms with E-state index in [1.54, 1.807) is 27.0 Å². The van der Waals surface area contributed by atoms with Gasteiger partial charge in [-0.3, -0.25) is 20.2 Å². The molecule has 1 heterocycles. The normalized spacial score (nSPS) is 10.2. The molecule has 2 N–H and O–H groups in total. The summed E-state index contributed by atoms with van der Waals surface area (Å²) in [5.41, 5.74) is 1.24. The summed E-state index contributed by atoms with van der Waals surface area (Å²) >= 11 is 0. The first kappa shape index (κ1) is 14.5. The van der Waals surface area contributed by atoms with Crippen LogP contribution in [0.2, 0.25) is 0 Å². The summed E-state index contributed by atoms with van der Waals surface area (Å²) in [4.78, 5) is 22.8. The molecule has 0 saturated heterocycles. The van der Waals surface area contributed by atoms with Gasteiger partial charge >= 0.3 is 5.69 Å². The van der Waals surface area contributed by atoms with Crippen LogP contribution in [0.3, 0.4) is 0 Å². The average Bonchev–Trinajstić information content (AvgIpc) is 2.78. The van der Waals surface area contributed by atoms with Gasteiger partial charge < -0.3 is 9.84 Å². The molecule has 8 nitrogen and oxygen atoms in total. The number of para-hydroxylation sites is 1. The van der Waals surface area contributed by atoms with E-state index < -0.39 is 10.8 Å². The first-order valence-electron chi connectivity index (χ1n) is 6.15. The Kier molecular flexibility index (Phi) is 3.88. The van der Waals surface area contributed by atoms with Crippen molar-refractivity contribution in [3.63, 3.8) is 0 Å². The lowest BCUT2D eigenvalue weighted by molar-refractivity contribution is -0.384. The predicted octanol–water partition coefficient (Wildman–Crippen LogP) is 2.49. The summed E-state index contributed by atoms with van der Waals surface area (Å²) in [6.45, 7) is 3.47. The quantitative estimate of drug-likeness (QED) is 0.661. The number of nitrogens with one attached hydrogen (secondary N) is 2. The summed E-state index contributed by atoms with van der Waals surface area (Å²) in [6, 6.07) is 4.47. The summed E-state index contributed by atoms with van der Waals surface area (Å²) in [5.74, 6) is -0.445. The maximum Gasteiger partial charge on any atom is 0.305 e. The third-order valence-corrected chi connectivity index (χ3v) is 3.12. The third kappa shape index (κ3) is 2.69. The Balaban J connectivity index is 2.40. The molecule has 0 aliphatic rings. The van der Waals surface area contributed by atoms with Gasteiger partial charge in [-0.2, -0.15) is 0 Å². The van der Waals surface area contributed by atoms with Crippen molar-refractivity contribution in [2.45, 2.75) is 13.8 Å². The molecule has 0 bridgehead atoms. The van der Waals surface area contributed by atoms with Gasteiger partial charge in [0, 0.05) is 12.6 Å². The van der Waals surface area contributed by atoms with E-state index in [0.29, 0.717) is 11.3 Å². The second-order valence-corrected chi connectivity index (χ2v) is 4.39. The number of rotatable bonds is 4. The first-order chi connectivity index (χ1) is 9.95. The minimum atomic E-state index is -0.627. The molecule has 0 unspecified atom stereocenters. The molecule has 1 amide bonds. The lowest BCUT2D eigenvalue weighted by Crippen LogP contribution is -2.15. The number of nitro benzene ring substituents is 1. The maximum absolute atomic E-state index is 12.2. The van der Waals surface area contributed by atoms with Crippen molar-refractivity contribution in [3.05, 3.63) is 45.1 Å². The van der Waals surface area contributed by atoms with E-state index in [1.165, 1.54) is 12.1 Å². The van der Waals surface area contributed by atoms with Crippen molar-refractivity contribution in [2.75, 3.05) is 17.7 Å². The Morgan fingerprint density at radius 2 is 2.10 bits per heavy atom. The Labute approximate surface area is 120 Å². The molecule has 21 heavy (non-hydrogen) atoms. The second-order valence-electron chi connectivity index (χ2n) is 4.39. The number of aromatic nitrogens is 1. The van der Waals surface area contributed by atoms with Crippen molar-refractivity contribution in [1.29, 1.82) is 0 Å². The number of amides is 1. The summed E-state index contributed by atoms with van der Waals surface area (Å²) in [6.07, 6.45) is 0. The van der Waals surface area contributed by atoms with E-state index >= 15 is 0 Å². The smallest absolute Gasteiger partial charge is 0.305 e. The van der Waals surface area contributed by atoms with Crippen molar-refractivity contribution in [2.24, 2.45) is 0 Å². The number of carbonyl (C=O) groups excluding carboxylic acids is 1. The minimum Gasteiger partial charge on any atom is -0.383 e. The van der Waals surface area contributed by atoms with Crippen molar-refractivity contribution in [3.8, 4) is 0 Å². The molecular weight excluding hydrogens is 276 g/mol. The van der Waals surface area contributed by atoms with Gasteiger partial charge in [0.1, 0.15) is 11.3 Å². The number of hydrogen-bond donors (Lipinski definition) is 2. The standard InChI is InChI=1S/C13H14N4O4/c1-7-8(2)16-21-13(7)15-12(18)9-5-4-6-10(14-3)11(9)17(19)20/h4-6,14H,1-3H3,(H,15,18). The minimum absolute atomic E-state index is 0.0553. The van der Waals surface area contributed by atoms with Crippen LogP contribution < -0.4 is 10.6 Å². The van der Waals surface area contributed by atoms with Crippen LogP contribution in [0.25, 0.3) is 0 Å². The van der Waals surface area contributed by atoms with Gasteiger partial charge in [-0.05, 0) is 26.0 Å². The first-order valence-corrected chi connectivity index (χ1v) is 6.15. The number of nitro groups is 1. The van der Waals surface area contributed by atoms with Crippen LogP contribution in [0, 0.1) is 24.0 Å². The number of carbonyl (C=O) groups is 1. The summed E-state index contributed by atoms with van der Waals surface area (Å²) in [7, 11) is 1.55. The van der Waals surface area contributed by atoms with Crippen LogP contribution in [0.15, 0.2) is 22.7 Å². The molecule has 0 aliphatic carbocycles. The Bertz CT molecular complexity index is 708. The van der Waals surface area contributed by atoms with E-state index in [2.05, 4.69) is 15.8 Å².